The summed E-state index contributed by atoms with van der Waals surface area (Å²) in [4.78, 5) is 11.8. The van der Waals surface area contributed by atoms with E-state index < -0.39 is 5.60 Å². The Labute approximate surface area is 143 Å². The Balaban J connectivity index is 1.77. The molecule has 1 aliphatic rings. The summed E-state index contributed by atoms with van der Waals surface area (Å²) in [6.45, 7) is 5.60. The molecule has 2 aromatic carbocycles. The zero-order valence-electron chi connectivity index (χ0n) is 14.4. The average molecular weight is 321 g/mol. The lowest BCUT2D eigenvalue weighted by atomic mass is 10.0. The van der Waals surface area contributed by atoms with E-state index in [1.807, 2.05) is 32.9 Å². The number of hydrogen-bond acceptors (Lipinski definition) is 3. The summed E-state index contributed by atoms with van der Waals surface area (Å²) >= 11 is 0. The maximum Gasteiger partial charge on any atom is 0.331 e. The van der Waals surface area contributed by atoms with Crippen molar-refractivity contribution in [3.63, 3.8) is 0 Å². The van der Waals surface area contributed by atoms with Crippen molar-refractivity contribution in [3.8, 4) is 0 Å². The molecule has 0 spiro atoms. The van der Waals surface area contributed by atoms with Gasteiger partial charge >= 0.3 is 5.97 Å². The zero-order valence-corrected chi connectivity index (χ0v) is 14.4. The SMILES string of the molecule is CC(C)(C)OC(=O)/C=C/c1ccc2c(c1)CCc1ccccc1N2. The van der Waals surface area contributed by atoms with Crippen molar-refractivity contribution < 1.29 is 9.53 Å². The van der Waals surface area contributed by atoms with Crippen LogP contribution < -0.4 is 5.32 Å². The first-order valence-electron chi connectivity index (χ1n) is 8.30. The predicted octanol–water partition coefficient (Wildman–Crippen LogP) is 4.88. The minimum Gasteiger partial charge on any atom is -0.457 e. The van der Waals surface area contributed by atoms with E-state index in [9.17, 15) is 4.79 Å². The number of nitrogens with one attached hydrogen (secondary N) is 1. The molecule has 0 aromatic heterocycles. The molecule has 0 saturated heterocycles. The highest BCUT2D eigenvalue weighted by Gasteiger charge is 2.14. The molecule has 0 aliphatic carbocycles. The van der Waals surface area contributed by atoms with Gasteiger partial charge < -0.3 is 10.1 Å². The van der Waals surface area contributed by atoms with Crippen LogP contribution in [-0.2, 0) is 22.4 Å². The predicted molar refractivity (Wildman–Crippen MR) is 98.5 cm³/mol. The van der Waals surface area contributed by atoms with Gasteiger partial charge in [0.25, 0.3) is 0 Å². The standard InChI is InChI=1S/C21H23NO2/c1-21(2,3)24-20(23)13-9-15-8-12-19-17(14-15)11-10-16-6-4-5-7-18(16)22-19/h4-9,12-14,22H,10-11H2,1-3H3/b13-9+. The second kappa shape index (κ2) is 6.52. The molecule has 1 N–H and O–H groups in total. The van der Waals surface area contributed by atoms with E-state index in [1.54, 1.807) is 0 Å². The first-order chi connectivity index (χ1) is 11.4. The summed E-state index contributed by atoms with van der Waals surface area (Å²) in [5.74, 6) is -0.317. The van der Waals surface area contributed by atoms with Gasteiger partial charge in [0.05, 0.1) is 0 Å². The lowest BCUT2D eigenvalue weighted by molar-refractivity contribution is -0.148. The Hall–Kier alpha value is -2.55. The van der Waals surface area contributed by atoms with Gasteiger partial charge in [0.1, 0.15) is 5.60 Å². The molecule has 0 bridgehead atoms. The number of fused-ring (bicyclic) bond motifs is 2. The number of carbonyl (C=O) groups is 1. The number of carbonyl (C=O) groups excluding carboxylic acids is 1. The zero-order chi connectivity index (χ0) is 17.2. The van der Waals surface area contributed by atoms with Crippen LogP contribution in [-0.4, -0.2) is 11.6 Å². The molecule has 24 heavy (non-hydrogen) atoms. The van der Waals surface area contributed by atoms with Gasteiger partial charge in [0, 0.05) is 17.5 Å². The molecule has 3 heteroatoms. The van der Waals surface area contributed by atoms with Crippen molar-refractivity contribution in [2.45, 2.75) is 39.2 Å². The summed E-state index contributed by atoms with van der Waals surface area (Å²) in [5, 5.41) is 3.51. The molecule has 124 valence electrons. The minimum absolute atomic E-state index is 0.317. The van der Waals surface area contributed by atoms with Crippen LogP contribution in [0.4, 0.5) is 11.4 Å². The van der Waals surface area contributed by atoms with Crippen LogP contribution in [0.2, 0.25) is 0 Å². The number of ether oxygens (including phenoxy) is 1. The second-order valence-corrected chi connectivity index (χ2v) is 7.07. The molecular formula is C21H23NO2. The third-order valence-corrected chi connectivity index (χ3v) is 3.90. The number of para-hydroxylation sites is 1. The monoisotopic (exact) mass is 321 g/mol. The topological polar surface area (TPSA) is 38.3 Å². The van der Waals surface area contributed by atoms with Crippen LogP contribution in [0.3, 0.4) is 0 Å². The minimum atomic E-state index is -0.467. The van der Waals surface area contributed by atoms with Crippen molar-refractivity contribution in [2.75, 3.05) is 5.32 Å². The molecule has 0 radical (unpaired) electrons. The Morgan fingerprint density at radius 2 is 1.75 bits per heavy atom. The summed E-state index contributed by atoms with van der Waals surface area (Å²) in [5.41, 5.74) is 5.44. The Morgan fingerprint density at radius 3 is 2.54 bits per heavy atom. The van der Waals surface area contributed by atoms with Crippen molar-refractivity contribution in [2.24, 2.45) is 0 Å². The third kappa shape index (κ3) is 4.05. The number of hydrogen-bond donors (Lipinski definition) is 1. The number of benzene rings is 2. The molecule has 3 nitrogen and oxygen atoms in total. The highest BCUT2D eigenvalue weighted by molar-refractivity contribution is 5.87. The van der Waals surface area contributed by atoms with E-state index in [0.717, 1.165) is 24.1 Å². The fraction of sp³-hybridized carbons (Fsp3) is 0.286. The normalized spacial score (nSPS) is 13.6. The largest absolute Gasteiger partial charge is 0.457 e. The van der Waals surface area contributed by atoms with Gasteiger partial charge in [0.15, 0.2) is 0 Å². The van der Waals surface area contributed by atoms with Crippen molar-refractivity contribution in [3.05, 3.63) is 65.2 Å². The molecule has 0 amide bonds. The van der Waals surface area contributed by atoms with Gasteiger partial charge in [0.2, 0.25) is 0 Å². The smallest absolute Gasteiger partial charge is 0.331 e. The van der Waals surface area contributed by atoms with Gasteiger partial charge in [-0.1, -0.05) is 24.3 Å². The molecule has 2 aromatic rings. The van der Waals surface area contributed by atoms with Gasteiger partial charge in [-0.25, -0.2) is 4.79 Å². The molecule has 0 fully saturated rings. The summed E-state index contributed by atoms with van der Waals surface area (Å²) in [6.07, 6.45) is 5.29. The van der Waals surface area contributed by atoms with E-state index in [1.165, 1.54) is 22.9 Å². The van der Waals surface area contributed by atoms with Gasteiger partial charge in [-0.05, 0) is 74.6 Å². The van der Waals surface area contributed by atoms with Crippen molar-refractivity contribution in [1.82, 2.24) is 0 Å². The molecule has 0 saturated carbocycles. The maximum absolute atomic E-state index is 11.8. The van der Waals surface area contributed by atoms with Gasteiger partial charge in [-0.15, -0.1) is 0 Å². The van der Waals surface area contributed by atoms with Crippen LogP contribution in [0.1, 0.15) is 37.5 Å². The highest BCUT2D eigenvalue weighted by atomic mass is 16.6. The summed E-state index contributed by atoms with van der Waals surface area (Å²) in [7, 11) is 0. The first kappa shape index (κ1) is 16.3. The molecule has 1 heterocycles. The lowest BCUT2D eigenvalue weighted by Crippen LogP contribution is -2.22. The number of esters is 1. The summed E-state index contributed by atoms with van der Waals surface area (Å²) in [6, 6.07) is 14.6. The number of rotatable bonds is 2. The second-order valence-electron chi connectivity index (χ2n) is 7.07. The van der Waals surface area contributed by atoms with E-state index in [4.69, 9.17) is 4.74 Å². The fourth-order valence-electron chi connectivity index (χ4n) is 2.82. The Bertz CT molecular complexity index is 785. The first-order valence-corrected chi connectivity index (χ1v) is 8.30. The number of anilines is 2. The molecular weight excluding hydrogens is 298 g/mol. The van der Waals surface area contributed by atoms with Crippen LogP contribution in [0, 0.1) is 0 Å². The number of aryl methyl sites for hydroxylation is 2. The van der Waals surface area contributed by atoms with Crippen LogP contribution >= 0.6 is 0 Å². The van der Waals surface area contributed by atoms with Crippen LogP contribution in [0.5, 0.6) is 0 Å². The lowest BCUT2D eigenvalue weighted by Gasteiger charge is -2.17. The fourth-order valence-corrected chi connectivity index (χ4v) is 2.82. The van der Waals surface area contributed by atoms with Crippen molar-refractivity contribution >= 4 is 23.4 Å². The van der Waals surface area contributed by atoms with E-state index in [-0.39, 0.29) is 5.97 Å². The van der Waals surface area contributed by atoms with Gasteiger partial charge in [-0.3, -0.25) is 0 Å². The van der Waals surface area contributed by atoms with E-state index >= 15 is 0 Å². The van der Waals surface area contributed by atoms with Crippen LogP contribution in [0.15, 0.2) is 48.5 Å². The Kier molecular flexibility index (Phi) is 4.43. The quantitative estimate of drug-likeness (QED) is 0.632. The molecule has 0 atom stereocenters. The molecule has 0 unspecified atom stereocenters. The van der Waals surface area contributed by atoms with E-state index in [0.29, 0.717) is 0 Å². The van der Waals surface area contributed by atoms with Crippen LogP contribution in [0.25, 0.3) is 6.08 Å². The molecule has 1 aliphatic heterocycles. The van der Waals surface area contributed by atoms with Crippen molar-refractivity contribution in [1.29, 1.82) is 0 Å². The molecule has 3 rings (SSSR count). The maximum atomic E-state index is 11.8. The Morgan fingerprint density at radius 1 is 1.04 bits per heavy atom. The third-order valence-electron chi connectivity index (χ3n) is 3.90. The van der Waals surface area contributed by atoms with Gasteiger partial charge in [-0.2, -0.15) is 0 Å². The highest BCUT2D eigenvalue weighted by Crippen LogP contribution is 2.30. The van der Waals surface area contributed by atoms with E-state index in [2.05, 4.69) is 41.7 Å². The summed E-state index contributed by atoms with van der Waals surface area (Å²) < 4.78 is 5.30. The average Bonchev–Trinajstić information content (AvgIpc) is 2.70.